The summed E-state index contributed by atoms with van der Waals surface area (Å²) in [4.78, 5) is 7.99. The molecule has 1 fully saturated rings. The van der Waals surface area contributed by atoms with Crippen LogP contribution in [0.3, 0.4) is 0 Å². The molecule has 0 aliphatic heterocycles. The first kappa shape index (κ1) is 8.25. The van der Waals surface area contributed by atoms with Gasteiger partial charge in [-0.1, -0.05) is 0 Å². The Bertz CT molecular complexity index is 287. The van der Waals surface area contributed by atoms with Crippen molar-refractivity contribution < 1.29 is 4.74 Å². The molecule has 1 saturated carbocycles. The van der Waals surface area contributed by atoms with Crippen molar-refractivity contribution in [2.24, 2.45) is 11.8 Å². The average Bonchev–Trinajstić information content (AvgIpc) is 2.99. The molecule has 0 atom stereocenters. The lowest BCUT2D eigenvalue weighted by Gasteiger charge is -2.04. The summed E-state index contributed by atoms with van der Waals surface area (Å²) < 4.78 is 5.40. The number of nitrogens with one attached hydrogen (secondary N) is 1. The minimum Gasteiger partial charge on any atom is -0.476 e. The van der Waals surface area contributed by atoms with Crippen LogP contribution in [-0.4, -0.2) is 16.6 Å². The van der Waals surface area contributed by atoms with Gasteiger partial charge in [0, 0.05) is 0 Å². The largest absolute Gasteiger partial charge is 0.476 e. The van der Waals surface area contributed by atoms with E-state index in [1.54, 1.807) is 12.4 Å². The molecule has 1 aromatic heterocycles. The molecule has 5 nitrogen and oxygen atoms in total. The normalized spacial score (nSPS) is 15.5. The third-order valence-corrected chi connectivity index (χ3v) is 1.92. The molecule has 1 aromatic rings. The van der Waals surface area contributed by atoms with Crippen LogP contribution >= 0.6 is 0 Å². The smallest absolute Gasteiger partial charge is 0.234 e. The van der Waals surface area contributed by atoms with Gasteiger partial charge in [0.1, 0.15) is 0 Å². The van der Waals surface area contributed by atoms with Gasteiger partial charge >= 0.3 is 0 Å². The highest BCUT2D eigenvalue weighted by atomic mass is 16.5. The Hall–Kier alpha value is -1.36. The van der Waals surface area contributed by atoms with E-state index in [0.29, 0.717) is 11.7 Å². The van der Waals surface area contributed by atoms with Gasteiger partial charge in [0.15, 0.2) is 5.82 Å². The van der Waals surface area contributed by atoms with Crippen molar-refractivity contribution in [3.63, 3.8) is 0 Å². The topological polar surface area (TPSA) is 73.1 Å². The molecule has 0 bridgehead atoms. The summed E-state index contributed by atoms with van der Waals surface area (Å²) in [6.07, 6.45) is 5.66. The van der Waals surface area contributed by atoms with Crippen molar-refractivity contribution in [3.05, 3.63) is 12.4 Å². The molecule has 0 aromatic carbocycles. The van der Waals surface area contributed by atoms with E-state index in [4.69, 9.17) is 10.6 Å². The molecular weight excluding hydrogens is 168 g/mol. The second-order valence-electron chi connectivity index (χ2n) is 3.14. The molecule has 0 amide bonds. The molecule has 0 saturated heterocycles. The zero-order chi connectivity index (χ0) is 9.10. The number of nitrogens with two attached hydrogens (primary N) is 1. The first-order chi connectivity index (χ1) is 6.38. The van der Waals surface area contributed by atoms with Gasteiger partial charge in [-0.2, -0.15) is 4.98 Å². The quantitative estimate of drug-likeness (QED) is 0.523. The van der Waals surface area contributed by atoms with Crippen LogP contribution in [0.15, 0.2) is 12.4 Å². The fraction of sp³-hybridized carbons (Fsp3) is 0.500. The third kappa shape index (κ3) is 2.29. The van der Waals surface area contributed by atoms with Crippen LogP contribution in [0, 0.1) is 5.92 Å². The molecule has 3 N–H and O–H groups in total. The molecule has 1 aliphatic carbocycles. The molecule has 0 radical (unpaired) electrons. The number of anilines is 1. The second kappa shape index (κ2) is 3.57. The standard InChI is InChI=1S/C8H12N4O/c9-12-7-3-10-4-8(11-7)13-5-6-1-2-6/h3-4,6H,1-2,5,9H2,(H,11,12). The number of hydrogen-bond acceptors (Lipinski definition) is 5. The molecule has 1 heterocycles. The zero-order valence-corrected chi connectivity index (χ0v) is 7.23. The van der Waals surface area contributed by atoms with Gasteiger partial charge < -0.3 is 10.2 Å². The first-order valence-corrected chi connectivity index (χ1v) is 4.30. The second-order valence-corrected chi connectivity index (χ2v) is 3.14. The van der Waals surface area contributed by atoms with Crippen molar-refractivity contribution in [1.29, 1.82) is 0 Å². The first-order valence-electron chi connectivity index (χ1n) is 4.30. The molecule has 70 valence electrons. The predicted octanol–water partition coefficient (Wildman–Crippen LogP) is 0.551. The van der Waals surface area contributed by atoms with E-state index < -0.39 is 0 Å². The van der Waals surface area contributed by atoms with Crippen LogP contribution in [0.4, 0.5) is 5.82 Å². The van der Waals surface area contributed by atoms with Crippen LogP contribution in [-0.2, 0) is 0 Å². The van der Waals surface area contributed by atoms with E-state index in [2.05, 4.69) is 15.4 Å². The summed E-state index contributed by atoms with van der Waals surface area (Å²) in [5.74, 6) is 6.95. The van der Waals surface area contributed by atoms with Gasteiger partial charge in [-0.25, -0.2) is 5.84 Å². The molecule has 2 rings (SSSR count). The number of rotatable bonds is 4. The van der Waals surface area contributed by atoms with Crippen molar-refractivity contribution in [2.45, 2.75) is 12.8 Å². The van der Waals surface area contributed by atoms with E-state index in [-0.39, 0.29) is 0 Å². The fourth-order valence-electron chi connectivity index (χ4n) is 0.975. The molecule has 1 aliphatic rings. The Labute approximate surface area is 76.3 Å². The van der Waals surface area contributed by atoms with E-state index in [1.807, 2.05) is 0 Å². The highest BCUT2D eigenvalue weighted by Gasteiger charge is 2.22. The van der Waals surface area contributed by atoms with Gasteiger partial charge in [-0.05, 0) is 18.8 Å². The third-order valence-electron chi connectivity index (χ3n) is 1.92. The lowest BCUT2D eigenvalue weighted by atomic mass is 10.5. The monoisotopic (exact) mass is 180 g/mol. The van der Waals surface area contributed by atoms with Crippen molar-refractivity contribution in [1.82, 2.24) is 9.97 Å². The summed E-state index contributed by atoms with van der Waals surface area (Å²) in [6.45, 7) is 0.739. The Morgan fingerprint density at radius 2 is 2.38 bits per heavy atom. The fourth-order valence-corrected chi connectivity index (χ4v) is 0.975. The molecule has 0 unspecified atom stereocenters. The Kier molecular flexibility index (Phi) is 2.27. The maximum absolute atomic E-state index is 5.40. The maximum atomic E-state index is 5.40. The Balaban J connectivity index is 1.93. The van der Waals surface area contributed by atoms with Gasteiger partial charge in [0.25, 0.3) is 0 Å². The van der Waals surface area contributed by atoms with Gasteiger partial charge in [0.05, 0.1) is 19.0 Å². The predicted molar refractivity (Wildman–Crippen MR) is 48.1 cm³/mol. The highest BCUT2D eigenvalue weighted by Crippen LogP contribution is 2.29. The maximum Gasteiger partial charge on any atom is 0.234 e. The molecule has 0 spiro atoms. The molecule has 13 heavy (non-hydrogen) atoms. The summed E-state index contributed by atoms with van der Waals surface area (Å²) in [6, 6.07) is 0. The number of ether oxygens (including phenoxy) is 1. The van der Waals surface area contributed by atoms with Crippen LogP contribution in [0.5, 0.6) is 5.88 Å². The van der Waals surface area contributed by atoms with Crippen LogP contribution in [0.1, 0.15) is 12.8 Å². The van der Waals surface area contributed by atoms with E-state index in [0.717, 1.165) is 12.5 Å². The summed E-state index contributed by atoms with van der Waals surface area (Å²) in [5, 5.41) is 0. The van der Waals surface area contributed by atoms with Gasteiger partial charge in [-0.15, -0.1) is 0 Å². The van der Waals surface area contributed by atoms with E-state index >= 15 is 0 Å². The summed E-state index contributed by atoms with van der Waals surface area (Å²) >= 11 is 0. The Morgan fingerprint density at radius 3 is 3.08 bits per heavy atom. The van der Waals surface area contributed by atoms with Gasteiger partial charge in [0.2, 0.25) is 5.88 Å². The van der Waals surface area contributed by atoms with E-state index in [1.165, 1.54) is 12.8 Å². The number of hydrogen-bond donors (Lipinski definition) is 2. The molecular formula is C8H12N4O. The van der Waals surface area contributed by atoms with Crippen molar-refractivity contribution >= 4 is 5.82 Å². The minimum absolute atomic E-state index is 0.522. The van der Waals surface area contributed by atoms with Crippen molar-refractivity contribution in [3.8, 4) is 5.88 Å². The number of hydrazine groups is 1. The number of nitrogens with zero attached hydrogens (tertiary/aromatic N) is 2. The van der Waals surface area contributed by atoms with Gasteiger partial charge in [-0.3, -0.25) is 4.98 Å². The lowest BCUT2D eigenvalue weighted by Crippen LogP contribution is -2.10. The van der Waals surface area contributed by atoms with Crippen LogP contribution in [0.25, 0.3) is 0 Å². The lowest BCUT2D eigenvalue weighted by molar-refractivity contribution is 0.287. The Morgan fingerprint density at radius 1 is 1.54 bits per heavy atom. The SMILES string of the molecule is NNc1cncc(OCC2CC2)n1. The van der Waals surface area contributed by atoms with Crippen molar-refractivity contribution in [2.75, 3.05) is 12.0 Å². The summed E-state index contributed by atoms with van der Waals surface area (Å²) in [5.41, 5.74) is 2.42. The average molecular weight is 180 g/mol. The number of aromatic nitrogens is 2. The zero-order valence-electron chi connectivity index (χ0n) is 7.23. The van der Waals surface area contributed by atoms with Crippen LogP contribution < -0.4 is 16.0 Å². The van der Waals surface area contributed by atoms with E-state index in [9.17, 15) is 0 Å². The van der Waals surface area contributed by atoms with Crippen LogP contribution in [0.2, 0.25) is 0 Å². The summed E-state index contributed by atoms with van der Waals surface area (Å²) in [7, 11) is 0. The highest BCUT2D eigenvalue weighted by molar-refractivity contribution is 5.31. The molecule has 5 heteroatoms. The minimum atomic E-state index is 0.522. The number of nitrogen functional groups attached to an aromatic ring is 1.